The molecule has 0 amide bonds. The summed E-state index contributed by atoms with van der Waals surface area (Å²) in [4.78, 5) is 1.93. The van der Waals surface area contributed by atoms with Crippen LogP contribution in [0.5, 0.6) is 0 Å². The average molecular weight is 446 g/mol. The topological polar surface area (TPSA) is 32.7 Å². The summed E-state index contributed by atoms with van der Waals surface area (Å²) in [5.74, 6) is 5.57. The third-order valence-electron chi connectivity index (χ3n) is 12.1. The first-order valence-electron chi connectivity index (χ1n) is 14.2. The number of nitrogens with zero attached hydrogens (tertiary/aromatic N) is 1. The Balaban J connectivity index is 1.27. The molecular formula is C29H51NO2. The van der Waals surface area contributed by atoms with Gasteiger partial charge in [-0.05, 0) is 124 Å². The highest BCUT2D eigenvalue weighted by molar-refractivity contribution is 5.13. The van der Waals surface area contributed by atoms with Crippen LogP contribution in [0, 0.1) is 52.3 Å². The highest BCUT2D eigenvalue weighted by atomic mass is 16.5. The number of hydrogen-bond donors (Lipinski definition) is 1. The van der Waals surface area contributed by atoms with Crippen molar-refractivity contribution in [1.82, 2.24) is 4.90 Å². The molecule has 3 heteroatoms. The summed E-state index contributed by atoms with van der Waals surface area (Å²) < 4.78 is 6.86. The molecule has 184 valence electrons. The molecule has 1 heterocycles. The van der Waals surface area contributed by atoms with Gasteiger partial charge in [0.15, 0.2) is 0 Å². The SMILES string of the molecule is CC(CCC1O[C@H]2C[C@H]3[C@@H]4CCC5CCCC[C@]5(C)[C@H]4CC[C@]3(C)[C@H]2[C@@H]1C)C(O)N(C)C. The molecule has 0 bridgehead atoms. The van der Waals surface area contributed by atoms with Crippen LogP contribution in [0.1, 0.15) is 98.3 Å². The molecule has 1 saturated heterocycles. The van der Waals surface area contributed by atoms with Crippen molar-refractivity contribution in [2.24, 2.45) is 52.3 Å². The molecule has 4 unspecified atom stereocenters. The summed E-state index contributed by atoms with van der Waals surface area (Å²) in [6, 6.07) is 0. The lowest BCUT2D eigenvalue weighted by molar-refractivity contribution is -0.115. The van der Waals surface area contributed by atoms with Gasteiger partial charge in [0.25, 0.3) is 0 Å². The highest BCUT2D eigenvalue weighted by Gasteiger charge is 2.65. The monoisotopic (exact) mass is 445 g/mol. The van der Waals surface area contributed by atoms with Crippen molar-refractivity contribution < 1.29 is 9.84 Å². The van der Waals surface area contributed by atoms with Crippen LogP contribution in [0.15, 0.2) is 0 Å². The Bertz CT molecular complexity index is 680. The van der Waals surface area contributed by atoms with Crippen molar-refractivity contribution in [3.05, 3.63) is 0 Å². The van der Waals surface area contributed by atoms with Gasteiger partial charge in [0, 0.05) is 0 Å². The van der Waals surface area contributed by atoms with Gasteiger partial charge in [0.2, 0.25) is 0 Å². The van der Waals surface area contributed by atoms with Gasteiger partial charge in [-0.2, -0.15) is 0 Å². The van der Waals surface area contributed by atoms with Crippen LogP contribution >= 0.6 is 0 Å². The lowest BCUT2D eigenvalue weighted by Gasteiger charge is -2.60. The largest absolute Gasteiger partial charge is 0.378 e. The van der Waals surface area contributed by atoms with Crippen molar-refractivity contribution in [2.45, 2.75) is 117 Å². The third-order valence-corrected chi connectivity index (χ3v) is 12.1. The van der Waals surface area contributed by atoms with Crippen LogP contribution in [0.4, 0.5) is 0 Å². The van der Waals surface area contributed by atoms with Crippen molar-refractivity contribution in [3.8, 4) is 0 Å². The van der Waals surface area contributed by atoms with E-state index in [1.54, 1.807) is 0 Å². The summed E-state index contributed by atoms with van der Waals surface area (Å²) in [6.07, 6.45) is 15.9. The van der Waals surface area contributed by atoms with E-state index in [1.165, 1.54) is 57.8 Å². The van der Waals surface area contributed by atoms with Crippen molar-refractivity contribution in [1.29, 1.82) is 0 Å². The molecule has 0 spiro atoms. The van der Waals surface area contributed by atoms with Crippen molar-refractivity contribution in [2.75, 3.05) is 14.1 Å². The first-order valence-corrected chi connectivity index (χ1v) is 14.2. The zero-order valence-electron chi connectivity index (χ0n) is 21.9. The fourth-order valence-electron chi connectivity index (χ4n) is 10.4. The number of fused-ring (bicyclic) bond motifs is 7. The van der Waals surface area contributed by atoms with E-state index in [2.05, 4.69) is 27.7 Å². The summed E-state index contributed by atoms with van der Waals surface area (Å²) in [5.41, 5.74) is 1.13. The molecule has 32 heavy (non-hydrogen) atoms. The number of aliphatic hydroxyl groups excluding tert-OH is 1. The van der Waals surface area contributed by atoms with Gasteiger partial charge >= 0.3 is 0 Å². The molecule has 1 N–H and O–H groups in total. The first kappa shape index (κ1) is 23.6. The second kappa shape index (κ2) is 8.52. The van der Waals surface area contributed by atoms with Crippen molar-refractivity contribution >= 4 is 0 Å². The smallest absolute Gasteiger partial charge is 0.109 e. The molecule has 3 nitrogen and oxygen atoms in total. The van der Waals surface area contributed by atoms with Crippen LogP contribution in [-0.2, 0) is 4.74 Å². The van der Waals surface area contributed by atoms with E-state index in [1.807, 2.05) is 19.0 Å². The predicted molar refractivity (Wildman–Crippen MR) is 131 cm³/mol. The standard InChI is InChI=1S/C29H51NO2/c1-18(27(31)30(5)6)10-13-24-19(2)26-25(32-24)17-23-21-12-11-20-9-7-8-15-28(20,3)22(21)14-16-29(23,26)4/h18-27,31H,7-17H2,1-6H3/t18?,19-,20?,21-,22+,23+,24?,25+,26+,27?,28+,29+/m1/s1. The molecule has 4 saturated carbocycles. The van der Waals surface area contributed by atoms with E-state index < -0.39 is 0 Å². The fourth-order valence-corrected chi connectivity index (χ4v) is 10.4. The molecule has 12 atom stereocenters. The first-order chi connectivity index (χ1) is 15.2. The molecule has 0 radical (unpaired) electrons. The summed E-state index contributed by atoms with van der Waals surface area (Å²) in [5, 5.41) is 10.4. The maximum absolute atomic E-state index is 10.4. The highest BCUT2D eigenvalue weighted by Crippen LogP contribution is 2.70. The van der Waals surface area contributed by atoms with Crippen LogP contribution in [0.3, 0.4) is 0 Å². The van der Waals surface area contributed by atoms with E-state index in [0.717, 1.165) is 42.4 Å². The molecular weight excluding hydrogens is 394 g/mol. The second-order valence-electron chi connectivity index (χ2n) is 13.7. The van der Waals surface area contributed by atoms with Crippen molar-refractivity contribution in [3.63, 3.8) is 0 Å². The molecule has 5 rings (SSSR count). The maximum Gasteiger partial charge on any atom is 0.109 e. The van der Waals surface area contributed by atoms with Gasteiger partial charge in [-0.3, -0.25) is 4.90 Å². The molecule has 0 aromatic carbocycles. The molecule has 4 aliphatic carbocycles. The lowest BCUT2D eigenvalue weighted by Crippen LogP contribution is -2.53. The van der Waals surface area contributed by atoms with Gasteiger partial charge in [-0.25, -0.2) is 0 Å². The summed E-state index contributed by atoms with van der Waals surface area (Å²) >= 11 is 0. The number of hydrogen-bond acceptors (Lipinski definition) is 3. The summed E-state index contributed by atoms with van der Waals surface area (Å²) in [7, 11) is 3.94. The van der Waals surface area contributed by atoms with Crippen LogP contribution in [0.2, 0.25) is 0 Å². The Labute approximate surface area is 198 Å². The Hall–Kier alpha value is -0.120. The zero-order valence-corrected chi connectivity index (χ0v) is 21.9. The average Bonchev–Trinajstić information content (AvgIpc) is 3.24. The minimum absolute atomic E-state index is 0.298. The quantitative estimate of drug-likeness (QED) is 0.501. The van der Waals surface area contributed by atoms with Gasteiger partial charge in [-0.15, -0.1) is 0 Å². The van der Waals surface area contributed by atoms with E-state index in [0.29, 0.717) is 34.9 Å². The zero-order chi connectivity index (χ0) is 22.8. The lowest BCUT2D eigenvalue weighted by atomic mass is 9.44. The fraction of sp³-hybridized carbons (Fsp3) is 1.00. The van der Waals surface area contributed by atoms with Gasteiger partial charge in [0.1, 0.15) is 6.23 Å². The second-order valence-corrected chi connectivity index (χ2v) is 13.7. The molecule has 0 aromatic rings. The normalized spacial score (nSPS) is 52.1. The Morgan fingerprint density at radius 1 is 1.00 bits per heavy atom. The minimum atomic E-state index is -0.348. The molecule has 1 aliphatic heterocycles. The van der Waals surface area contributed by atoms with E-state index in [4.69, 9.17) is 4.74 Å². The molecule has 5 fully saturated rings. The molecule has 5 aliphatic rings. The summed E-state index contributed by atoms with van der Waals surface area (Å²) in [6.45, 7) is 10.1. The van der Waals surface area contributed by atoms with Gasteiger partial charge < -0.3 is 9.84 Å². The predicted octanol–water partition coefficient (Wildman–Crippen LogP) is 6.35. The van der Waals surface area contributed by atoms with E-state index in [9.17, 15) is 5.11 Å². The van der Waals surface area contributed by atoms with Crippen LogP contribution in [-0.4, -0.2) is 42.5 Å². The number of aliphatic hydroxyl groups is 1. The van der Waals surface area contributed by atoms with Gasteiger partial charge in [-0.1, -0.05) is 40.5 Å². The maximum atomic E-state index is 10.4. The Morgan fingerprint density at radius 3 is 2.53 bits per heavy atom. The van der Waals surface area contributed by atoms with Gasteiger partial charge in [0.05, 0.1) is 12.2 Å². The number of ether oxygens (including phenoxy) is 1. The van der Waals surface area contributed by atoms with Crippen LogP contribution in [0.25, 0.3) is 0 Å². The van der Waals surface area contributed by atoms with Crippen LogP contribution < -0.4 is 0 Å². The Kier molecular flexibility index (Phi) is 6.29. The van der Waals surface area contributed by atoms with E-state index >= 15 is 0 Å². The Morgan fingerprint density at radius 2 is 1.78 bits per heavy atom. The number of rotatable bonds is 5. The minimum Gasteiger partial charge on any atom is -0.378 e. The molecule has 0 aromatic heterocycles. The van der Waals surface area contributed by atoms with E-state index in [-0.39, 0.29) is 6.23 Å². The third kappa shape index (κ3) is 3.54.